The third-order valence-corrected chi connectivity index (χ3v) is 2.89. The molecule has 3 nitrogen and oxygen atoms in total. The zero-order valence-corrected chi connectivity index (χ0v) is 9.37. The van der Waals surface area contributed by atoms with Crippen LogP contribution in [0.2, 0.25) is 0 Å². The van der Waals surface area contributed by atoms with Crippen LogP contribution in [0.15, 0.2) is 41.8 Å². The van der Waals surface area contributed by atoms with Crippen LogP contribution in [0.5, 0.6) is 0 Å². The van der Waals surface area contributed by atoms with Gasteiger partial charge in [0.05, 0.1) is 0 Å². The van der Waals surface area contributed by atoms with E-state index in [4.69, 9.17) is 10.5 Å². The van der Waals surface area contributed by atoms with Gasteiger partial charge >= 0.3 is 5.97 Å². The number of nitrogens with two attached hydrogens (primary N) is 1. The van der Waals surface area contributed by atoms with Gasteiger partial charge in [0.2, 0.25) is 0 Å². The number of nitrogen functional groups attached to an aromatic ring is 1. The molecule has 1 heterocycles. The summed E-state index contributed by atoms with van der Waals surface area (Å²) in [5, 5.41) is 1.84. The van der Waals surface area contributed by atoms with Crippen LogP contribution in [-0.4, -0.2) is 5.97 Å². The highest BCUT2D eigenvalue weighted by atomic mass is 32.1. The topological polar surface area (TPSA) is 52.3 Å². The average molecular weight is 233 g/mol. The van der Waals surface area contributed by atoms with Crippen molar-refractivity contribution in [2.75, 3.05) is 5.73 Å². The van der Waals surface area contributed by atoms with Gasteiger partial charge < -0.3 is 10.5 Å². The van der Waals surface area contributed by atoms with E-state index in [0.717, 1.165) is 5.56 Å². The molecule has 0 fully saturated rings. The fourth-order valence-electron chi connectivity index (χ4n) is 1.30. The van der Waals surface area contributed by atoms with Crippen LogP contribution in [0.3, 0.4) is 0 Å². The van der Waals surface area contributed by atoms with Gasteiger partial charge in [-0.3, -0.25) is 0 Å². The minimum atomic E-state index is -0.294. The molecule has 4 heteroatoms. The SMILES string of the molecule is Nc1cccc(COC(=O)c2cccs2)c1. The second-order valence-corrected chi connectivity index (χ2v) is 4.25. The molecule has 0 unspecified atom stereocenters. The third-order valence-electron chi connectivity index (χ3n) is 2.04. The Morgan fingerprint density at radius 1 is 1.31 bits per heavy atom. The molecular formula is C12H11NO2S. The Morgan fingerprint density at radius 2 is 2.19 bits per heavy atom. The summed E-state index contributed by atoms with van der Waals surface area (Å²) in [6.45, 7) is 0.252. The van der Waals surface area contributed by atoms with Crippen LogP contribution < -0.4 is 5.73 Å². The van der Waals surface area contributed by atoms with Crippen molar-refractivity contribution in [1.82, 2.24) is 0 Å². The van der Waals surface area contributed by atoms with Crippen molar-refractivity contribution >= 4 is 23.0 Å². The highest BCUT2D eigenvalue weighted by molar-refractivity contribution is 7.11. The molecule has 1 aromatic carbocycles. The van der Waals surface area contributed by atoms with E-state index in [1.807, 2.05) is 23.6 Å². The molecule has 0 aliphatic rings. The van der Waals surface area contributed by atoms with Crippen LogP contribution in [0, 0.1) is 0 Å². The van der Waals surface area contributed by atoms with Gasteiger partial charge in [-0.25, -0.2) is 4.79 Å². The van der Waals surface area contributed by atoms with Gasteiger partial charge in [0, 0.05) is 5.69 Å². The fraction of sp³-hybridized carbons (Fsp3) is 0.0833. The molecule has 0 bridgehead atoms. The number of benzene rings is 1. The minimum Gasteiger partial charge on any atom is -0.457 e. The first-order valence-electron chi connectivity index (χ1n) is 4.81. The van der Waals surface area contributed by atoms with Crippen LogP contribution >= 0.6 is 11.3 Å². The summed E-state index contributed by atoms with van der Waals surface area (Å²) < 4.78 is 5.14. The summed E-state index contributed by atoms with van der Waals surface area (Å²) in [5.74, 6) is -0.294. The fourth-order valence-corrected chi connectivity index (χ4v) is 1.91. The summed E-state index contributed by atoms with van der Waals surface area (Å²) in [5.41, 5.74) is 7.19. The molecule has 2 rings (SSSR count). The van der Waals surface area contributed by atoms with E-state index < -0.39 is 0 Å². The van der Waals surface area contributed by atoms with Gasteiger partial charge in [0.1, 0.15) is 11.5 Å². The Bertz CT molecular complexity index is 480. The second kappa shape index (κ2) is 4.81. The highest BCUT2D eigenvalue weighted by Gasteiger charge is 2.07. The van der Waals surface area contributed by atoms with Crippen molar-refractivity contribution in [3.63, 3.8) is 0 Å². The van der Waals surface area contributed by atoms with Crippen molar-refractivity contribution < 1.29 is 9.53 Å². The first-order valence-corrected chi connectivity index (χ1v) is 5.69. The van der Waals surface area contributed by atoms with Crippen LogP contribution in [0.1, 0.15) is 15.2 Å². The van der Waals surface area contributed by atoms with Gasteiger partial charge in [-0.15, -0.1) is 11.3 Å². The molecular weight excluding hydrogens is 222 g/mol. The molecule has 0 radical (unpaired) electrons. The lowest BCUT2D eigenvalue weighted by atomic mass is 10.2. The van der Waals surface area contributed by atoms with E-state index in [9.17, 15) is 4.79 Å². The molecule has 0 atom stereocenters. The molecule has 0 aliphatic heterocycles. The highest BCUT2D eigenvalue weighted by Crippen LogP contribution is 2.12. The van der Waals surface area contributed by atoms with Crippen molar-refractivity contribution in [2.45, 2.75) is 6.61 Å². The number of hydrogen-bond donors (Lipinski definition) is 1. The zero-order valence-electron chi connectivity index (χ0n) is 8.55. The molecule has 0 aliphatic carbocycles. The Balaban J connectivity index is 1.95. The predicted octanol–water partition coefficient (Wildman–Crippen LogP) is 2.69. The van der Waals surface area contributed by atoms with E-state index in [0.29, 0.717) is 10.6 Å². The lowest BCUT2D eigenvalue weighted by Gasteiger charge is -2.03. The standard InChI is InChI=1S/C12H11NO2S/c13-10-4-1-3-9(7-10)8-15-12(14)11-5-2-6-16-11/h1-7H,8,13H2. The van der Waals surface area contributed by atoms with Crippen molar-refractivity contribution in [1.29, 1.82) is 0 Å². The number of rotatable bonds is 3. The Morgan fingerprint density at radius 3 is 2.88 bits per heavy atom. The average Bonchev–Trinajstić information content (AvgIpc) is 2.79. The first kappa shape index (κ1) is 10.7. The monoisotopic (exact) mass is 233 g/mol. The molecule has 0 saturated carbocycles. The summed E-state index contributed by atoms with van der Waals surface area (Å²) >= 11 is 1.37. The van der Waals surface area contributed by atoms with E-state index in [1.54, 1.807) is 18.2 Å². The predicted molar refractivity (Wildman–Crippen MR) is 64.3 cm³/mol. The quantitative estimate of drug-likeness (QED) is 0.655. The van der Waals surface area contributed by atoms with E-state index in [2.05, 4.69) is 0 Å². The molecule has 0 spiro atoms. The van der Waals surface area contributed by atoms with Gasteiger partial charge in [-0.1, -0.05) is 18.2 Å². The molecule has 0 amide bonds. The molecule has 0 saturated heterocycles. The molecule has 82 valence electrons. The van der Waals surface area contributed by atoms with Gasteiger partial charge in [-0.05, 0) is 29.1 Å². The van der Waals surface area contributed by atoms with Crippen LogP contribution in [-0.2, 0) is 11.3 Å². The van der Waals surface area contributed by atoms with Gasteiger partial charge in [0.15, 0.2) is 0 Å². The number of thiophene rings is 1. The van der Waals surface area contributed by atoms with Crippen molar-refractivity contribution in [3.8, 4) is 0 Å². The maximum absolute atomic E-state index is 11.5. The molecule has 1 aromatic heterocycles. The summed E-state index contributed by atoms with van der Waals surface area (Å²) in [7, 11) is 0. The third kappa shape index (κ3) is 2.61. The lowest BCUT2D eigenvalue weighted by molar-refractivity contribution is 0.0478. The Kier molecular flexibility index (Phi) is 3.22. The van der Waals surface area contributed by atoms with Crippen molar-refractivity contribution in [2.24, 2.45) is 0 Å². The van der Waals surface area contributed by atoms with E-state index in [-0.39, 0.29) is 12.6 Å². The minimum absolute atomic E-state index is 0.252. The number of ether oxygens (including phenoxy) is 1. The smallest absolute Gasteiger partial charge is 0.348 e. The molecule has 16 heavy (non-hydrogen) atoms. The maximum atomic E-state index is 11.5. The summed E-state index contributed by atoms with van der Waals surface area (Å²) in [6, 6.07) is 10.9. The number of hydrogen-bond acceptors (Lipinski definition) is 4. The number of anilines is 1. The van der Waals surface area contributed by atoms with Crippen molar-refractivity contribution in [3.05, 3.63) is 52.2 Å². The molecule has 2 aromatic rings. The summed E-state index contributed by atoms with van der Waals surface area (Å²) in [4.78, 5) is 12.1. The largest absolute Gasteiger partial charge is 0.457 e. The normalized spacial score (nSPS) is 10.0. The van der Waals surface area contributed by atoms with Gasteiger partial charge in [-0.2, -0.15) is 0 Å². The lowest BCUT2D eigenvalue weighted by Crippen LogP contribution is -2.03. The number of carbonyl (C=O) groups excluding carboxylic acids is 1. The van der Waals surface area contributed by atoms with Crippen LogP contribution in [0.4, 0.5) is 5.69 Å². The number of carbonyl (C=O) groups is 1. The maximum Gasteiger partial charge on any atom is 0.348 e. The first-order chi connectivity index (χ1) is 7.75. The van der Waals surface area contributed by atoms with Crippen LogP contribution in [0.25, 0.3) is 0 Å². The zero-order chi connectivity index (χ0) is 11.4. The van der Waals surface area contributed by atoms with Gasteiger partial charge in [0.25, 0.3) is 0 Å². The Labute approximate surface area is 97.5 Å². The Hall–Kier alpha value is -1.81. The molecule has 2 N–H and O–H groups in total. The summed E-state index contributed by atoms with van der Waals surface area (Å²) in [6.07, 6.45) is 0. The second-order valence-electron chi connectivity index (χ2n) is 3.30. The van der Waals surface area contributed by atoms with E-state index >= 15 is 0 Å². The van der Waals surface area contributed by atoms with E-state index in [1.165, 1.54) is 11.3 Å². The number of esters is 1.